The molecular formula is C13H18N2O. The number of anilines is 1. The normalized spacial score (nSPS) is 24.1. The first-order chi connectivity index (χ1) is 7.65. The summed E-state index contributed by atoms with van der Waals surface area (Å²) in [7, 11) is 0. The van der Waals surface area contributed by atoms with Crippen LogP contribution in [0.3, 0.4) is 0 Å². The van der Waals surface area contributed by atoms with Gasteiger partial charge in [0.25, 0.3) is 0 Å². The Hall–Kier alpha value is -1.35. The van der Waals surface area contributed by atoms with Gasteiger partial charge in [0.05, 0.1) is 0 Å². The molecule has 2 atom stereocenters. The van der Waals surface area contributed by atoms with E-state index < -0.39 is 0 Å². The zero-order chi connectivity index (χ0) is 11.7. The van der Waals surface area contributed by atoms with Crippen molar-refractivity contribution in [2.24, 2.45) is 5.73 Å². The van der Waals surface area contributed by atoms with Crippen LogP contribution in [0.15, 0.2) is 24.3 Å². The zero-order valence-electron chi connectivity index (χ0n) is 9.81. The fourth-order valence-electron chi connectivity index (χ4n) is 2.41. The van der Waals surface area contributed by atoms with E-state index in [-0.39, 0.29) is 18.0 Å². The van der Waals surface area contributed by atoms with Crippen molar-refractivity contribution in [3.63, 3.8) is 0 Å². The van der Waals surface area contributed by atoms with Gasteiger partial charge in [-0.2, -0.15) is 0 Å². The molecule has 1 amide bonds. The monoisotopic (exact) mass is 218 g/mol. The summed E-state index contributed by atoms with van der Waals surface area (Å²) >= 11 is 0. The summed E-state index contributed by atoms with van der Waals surface area (Å²) in [5, 5.41) is 0. The van der Waals surface area contributed by atoms with Crippen LogP contribution in [-0.2, 0) is 4.79 Å². The number of benzene rings is 1. The Morgan fingerprint density at radius 2 is 2.19 bits per heavy atom. The molecule has 1 aliphatic heterocycles. The molecule has 3 heteroatoms. The van der Waals surface area contributed by atoms with Gasteiger partial charge in [0.15, 0.2) is 0 Å². The summed E-state index contributed by atoms with van der Waals surface area (Å²) in [5.74, 6) is 0.173. The third kappa shape index (κ3) is 1.71. The van der Waals surface area contributed by atoms with Gasteiger partial charge in [0.1, 0.15) is 0 Å². The largest absolute Gasteiger partial charge is 0.324 e. The lowest BCUT2D eigenvalue weighted by molar-refractivity contribution is -0.118. The van der Waals surface area contributed by atoms with Gasteiger partial charge in [-0.25, -0.2) is 0 Å². The molecule has 0 fully saturated rings. The van der Waals surface area contributed by atoms with Crippen molar-refractivity contribution in [1.82, 2.24) is 0 Å². The highest BCUT2D eigenvalue weighted by molar-refractivity contribution is 5.95. The molecule has 0 bridgehead atoms. The Balaban J connectivity index is 2.47. The van der Waals surface area contributed by atoms with E-state index in [1.165, 1.54) is 0 Å². The van der Waals surface area contributed by atoms with Crippen LogP contribution in [0.1, 0.15) is 38.3 Å². The lowest BCUT2D eigenvalue weighted by Crippen LogP contribution is -2.44. The molecule has 0 saturated heterocycles. The number of hydrogen-bond acceptors (Lipinski definition) is 2. The number of hydrogen-bond donors (Lipinski definition) is 1. The summed E-state index contributed by atoms with van der Waals surface area (Å²) in [6, 6.07) is 8.17. The van der Waals surface area contributed by atoms with Crippen LogP contribution in [0, 0.1) is 0 Å². The predicted octanol–water partition coefficient (Wildman–Crippen LogP) is 2.22. The SMILES string of the molecule is CCC(=O)N1c2ccccc2[C@H](N)C[C@@H]1C. The van der Waals surface area contributed by atoms with Crippen molar-refractivity contribution in [3.8, 4) is 0 Å². The van der Waals surface area contributed by atoms with Gasteiger partial charge in [0.2, 0.25) is 5.91 Å². The van der Waals surface area contributed by atoms with Crippen LogP contribution in [0.4, 0.5) is 5.69 Å². The van der Waals surface area contributed by atoms with Gasteiger partial charge in [-0.15, -0.1) is 0 Å². The molecule has 0 aliphatic carbocycles. The number of fused-ring (bicyclic) bond motifs is 1. The second kappa shape index (κ2) is 4.26. The number of carbonyl (C=O) groups excluding carboxylic acids is 1. The van der Waals surface area contributed by atoms with Crippen molar-refractivity contribution < 1.29 is 4.79 Å². The number of carbonyl (C=O) groups is 1. The van der Waals surface area contributed by atoms with E-state index in [1.54, 1.807) is 0 Å². The molecule has 1 aliphatic rings. The topological polar surface area (TPSA) is 46.3 Å². The van der Waals surface area contributed by atoms with E-state index >= 15 is 0 Å². The van der Waals surface area contributed by atoms with Crippen LogP contribution >= 0.6 is 0 Å². The molecule has 86 valence electrons. The first-order valence-electron chi connectivity index (χ1n) is 5.81. The minimum atomic E-state index is 0.0482. The van der Waals surface area contributed by atoms with Crippen molar-refractivity contribution >= 4 is 11.6 Å². The Labute approximate surface area is 96.2 Å². The van der Waals surface area contributed by atoms with Crippen LogP contribution in [0.2, 0.25) is 0 Å². The summed E-state index contributed by atoms with van der Waals surface area (Å²) < 4.78 is 0. The number of para-hydroxylation sites is 1. The lowest BCUT2D eigenvalue weighted by Gasteiger charge is -2.38. The van der Waals surface area contributed by atoms with E-state index in [0.717, 1.165) is 17.7 Å². The fraction of sp³-hybridized carbons (Fsp3) is 0.462. The number of amides is 1. The first-order valence-corrected chi connectivity index (χ1v) is 5.81. The summed E-state index contributed by atoms with van der Waals surface area (Å²) in [6.45, 7) is 3.95. The second-order valence-electron chi connectivity index (χ2n) is 4.37. The molecule has 1 aromatic carbocycles. The maximum atomic E-state index is 11.9. The van der Waals surface area contributed by atoms with Gasteiger partial charge < -0.3 is 10.6 Å². The van der Waals surface area contributed by atoms with Gasteiger partial charge in [-0.05, 0) is 25.0 Å². The Bertz CT molecular complexity index is 403. The summed E-state index contributed by atoms with van der Waals surface area (Å²) in [5.41, 5.74) is 8.17. The van der Waals surface area contributed by atoms with Crippen molar-refractivity contribution in [3.05, 3.63) is 29.8 Å². The molecule has 0 aromatic heterocycles. The van der Waals surface area contributed by atoms with Gasteiger partial charge in [-0.1, -0.05) is 25.1 Å². The number of rotatable bonds is 1. The second-order valence-corrected chi connectivity index (χ2v) is 4.37. The van der Waals surface area contributed by atoms with Gasteiger partial charge >= 0.3 is 0 Å². The zero-order valence-corrected chi connectivity index (χ0v) is 9.81. The fourth-order valence-corrected chi connectivity index (χ4v) is 2.41. The van der Waals surface area contributed by atoms with E-state index in [2.05, 4.69) is 6.92 Å². The first kappa shape index (κ1) is 11.1. The Morgan fingerprint density at radius 1 is 1.50 bits per heavy atom. The minimum absolute atomic E-state index is 0.0482. The highest BCUT2D eigenvalue weighted by Crippen LogP contribution is 2.35. The molecule has 16 heavy (non-hydrogen) atoms. The van der Waals surface area contributed by atoms with Crippen molar-refractivity contribution in [2.45, 2.75) is 38.8 Å². The predicted molar refractivity (Wildman–Crippen MR) is 65.2 cm³/mol. The average Bonchev–Trinajstić information content (AvgIpc) is 2.28. The van der Waals surface area contributed by atoms with Gasteiger partial charge in [-0.3, -0.25) is 4.79 Å². The third-order valence-electron chi connectivity index (χ3n) is 3.20. The standard InChI is InChI=1S/C13H18N2O/c1-3-13(16)15-9(2)8-11(14)10-6-4-5-7-12(10)15/h4-7,9,11H,3,8,14H2,1-2H3/t9-,11+/m0/s1. The van der Waals surface area contributed by atoms with Crippen molar-refractivity contribution in [1.29, 1.82) is 0 Å². The van der Waals surface area contributed by atoms with Crippen LogP contribution in [0.25, 0.3) is 0 Å². The molecule has 0 spiro atoms. The number of nitrogens with two attached hydrogens (primary N) is 1. The smallest absolute Gasteiger partial charge is 0.226 e. The van der Waals surface area contributed by atoms with Crippen molar-refractivity contribution in [2.75, 3.05) is 4.90 Å². The lowest BCUT2D eigenvalue weighted by atomic mass is 9.92. The van der Waals surface area contributed by atoms with E-state index in [0.29, 0.717) is 6.42 Å². The highest BCUT2D eigenvalue weighted by atomic mass is 16.2. The van der Waals surface area contributed by atoms with E-state index in [4.69, 9.17) is 5.73 Å². The number of nitrogens with zero attached hydrogens (tertiary/aromatic N) is 1. The van der Waals surface area contributed by atoms with E-state index in [1.807, 2.05) is 36.1 Å². The highest BCUT2D eigenvalue weighted by Gasteiger charge is 2.30. The molecule has 3 nitrogen and oxygen atoms in total. The van der Waals surface area contributed by atoms with Crippen LogP contribution in [-0.4, -0.2) is 11.9 Å². The summed E-state index contributed by atoms with van der Waals surface area (Å²) in [6.07, 6.45) is 1.37. The average molecular weight is 218 g/mol. The molecule has 0 saturated carbocycles. The van der Waals surface area contributed by atoms with Gasteiger partial charge in [0, 0.05) is 24.2 Å². The van der Waals surface area contributed by atoms with E-state index in [9.17, 15) is 4.79 Å². The molecule has 0 unspecified atom stereocenters. The third-order valence-corrected chi connectivity index (χ3v) is 3.20. The maximum Gasteiger partial charge on any atom is 0.226 e. The Kier molecular flexibility index (Phi) is 2.97. The molecular weight excluding hydrogens is 200 g/mol. The molecule has 1 aromatic rings. The molecule has 2 N–H and O–H groups in total. The minimum Gasteiger partial charge on any atom is -0.324 e. The maximum absolute atomic E-state index is 11.9. The Morgan fingerprint density at radius 3 is 2.88 bits per heavy atom. The molecule has 0 radical (unpaired) electrons. The molecule has 2 rings (SSSR count). The van der Waals surface area contributed by atoms with Crippen LogP contribution < -0.4 is 10.6 Å². The van der Waals surface area contributed by atoms with Crippen LogP contribution in [0.5, 0.6) is 0 Å². The quantitative estimate of drug-likeness (QED) is 0.785. The summed E-state index contributed by atoms with van der Waals surface area (Å²) in [4.78, 5) is 13.8. The molecule has 1 heterocycles.